The fourth-order valence-corrected chi connectivity index (χ4v) is 3.37. The quantitative estimate of drug-likeness (QED) is 0.480. The molecule has 1 aliphatic heterocycles. The van der Waals surface area contributed by atoms with E-state index in [0.717, 1.165) is 6.42 Å². The van der Waals surface area contributed by atoms with Crippen molar-refractivity contribution in [2.75, 3.05) is 27.9 Å². The molecule has 1 N–H and O–H groups in total. The van der Waals surface area contributed by atoms with Gasteiger partial charge in [0.25, 0.3) is 0 Å². The van der Waals surface area contributed by atoms with Crippen molar-refractivity contribution >= 4 is 5.78 Å². The first kappa shape index (κ1) is 22.7. The first-order valence-corrected chi connectivity index (χ1v) is 7.42. The Labute approximate surface area is 170 Å². The second-order valence-electron chi connectivity index (χ2n) is 6.14. The van der Waals surface area contributed by atoms with Gasteiger partial charge in [0.15, 0.2) is 0 Å². The van der Waals surface area contributed by atoms with Crippen LogP contribution < -0.4 is 0 Å². The maximum Gasteiger partial charge on any atom is 0.146 e. The van der Waals surface area contributed by atoms with Gasteiger partial charge in [0, 0.05) is 64.3 Å². The number of carbonyl (C=O) groups is 1. The maximum absolute atomic E-state index is 11.8. The number of nitrogens with zero attached hydrogens (tertiary/aromatic N) is 1. The third-order valence-corrected chi connectivity index (χ3v) is 4.70. The third-order valence-electron chi connectivity index (χ3n) is 4.70. The number of allylic oxidation sites excluding steroid dienone is 1. The normalized spacial score (nSPS) is 30.0. The van der Waals surface area contributed by atoms with Crippen LogP contribution in [-0.2, 0) is 14.3 Å². The van der Waals surface area contributed by atoms with Crippen molar-refractivity contribution in [1.29, 1.82) is 0 Å². The molecule has 125 valence electrons. The van der Waals surface area contributed by atoms with Crippen LogP contribution in [0.4, 0.5) is 0 Å². The van der Waals surface area contributed by atoms with Crippen LogP contribution in [0.2, 0.25) is 0 Å². The monoisotopic (exact) mass is 524 g/mol. The number of hydrogen-bond acceptors (Lipinski definition) is 4. The number of methoxy groups -OCH3 is 2. The van der Waals surface area contributed by atoms with E-state index in [1.807, 2.05) is 31.9 Å². The van der Waals surface area contributed by atoms with Gasteiger partial charge in [-0.3, -0.25) is 9.69 Å². The molecule has 1 rings (SSSR count). The Morgan fingerprint density at radius 1 is 1.50 bits per heavy atom. The van der Waals surface area contributed by atoms with Gasteiger partial charge in [-0.25, -0.2) is 0 Å². The summed E-state index contributed by atoms with van der Waals surface area (Å²) in [5.41, 5.74) is 8.01. The van der Waals surface area contributed by atoms with Crippen molar-refractivity contribution in [3.05, 3.63) is 17.9 Å². The number of nitrogens with one attached hydrogen (secondary N) is 1. The minimum atomic E-state index is -0.695. The van der Waals surface area contributed by atoms with Gasteiger partial charge in [0.05, 0.1) is 18.2 Å². The van der Waals surface area contributed by atoms with E-state index in [9.17, 15) is 4.79 Å². The fraction of sp³-hybridized carbons (Fsp3) is 0.812. The van der Waals surface area contributed by atoms with E-state index in [4.69, 9.17) is 15.2 Å². The molecule has 1 saturated heterocycles. The SMILES string of the molecule is C/C=C\[C@@H]1C[C@H](C(C)=O)N(C)[C@H]1[C@@H]([NH-])[C@](C)(COC)OC.[Ac]. The standard InChI is InChI=1S/C16H29N2O3.Ac/c1-7-8-12-9-13(11(2)19)18(4)14(12)15(17)16(3,21-6)10-20-5;/h7-8,12-15,17H,9-10H2,1-6H3;/q-1;/b8-7-;/t12-,13-,14-,15-,16+;/m1./s1. The summed E-state index contributed by atoms with van der Waals surface area (Å²) < 4.78 is 10.8. The second kappa shape index (κ2) is 9.86. The predicted octanol–water partition coefficient (Wildman–Crippen LogP) is 2.31. The summed E-state index contributed by atoms with van der Waals surface area (Å²) in [5.74, 6) is 0.343. The zero-order chi connectivity index (χ0) is 16.2. The molecule has 1 heterocycles. The molecule has 0 aromatic rings. The number of likely N-dealkylation sites (N-methyl/N-ethyl adjacent to an activating group) is 1. The van der Waals surface area contributed by atoms with Crippen molar-refractivity contribution in [3.8, 4) is 0 Å². The zero-order valence-corrected chi connectivity index (χ0v) is 19.4. The van der Waals surface area contributed by atoms with Gasteiger partial charge in [-0.05, 0) is 40.2 Å². The molecule has 0 aromatic heterocycles. The first-order chi connectivity index (χ1) is 9.82. The van der Waals surface area contributed by atoms with E-state index in [0.29, 0.717) is 6.61 Å². The number of rotatable bonds is 7. The topological polar surface area (TPSA) is 62.6 Å². The van der Waals surface area contributed by atoms with Crippen LogP contribution in [0.25, 0.3) is 5.73 Å². The van der Waals surface area contributed by atoms with Crippen molar-refractivity contribution in [3.63, 3.8) is 0 Å². The Morgan fingerprint density at radius 2 is 2.09 bits per heavy atom. The minimum absolute atomic E-state index is 0. The number of carbonyl (C=O) groups excluding carboxylic acids is 1. The molecular formula is C16H29AcN2O3-. The number of Topliss-reactive ketones (excluding diaryl/α,β-unsaturated/α-hetero) is 1. The van der Waals surface area contributed by atoms with Crippen LogP contribution in [-0.4, -0.2) is 62.3 Å². The van der Waals surface area contributed by atoms with E-state index < -0.39 is 11.6 Å². The van der Waals surface area contributed by atoms with Crippen LogP contribution in [0.3, 0.4) is 0 Å². The summed E-state index contributed by atoms with van der Waals surface area (Å²) in [6.45, 7) is 5.85. The number of hydrogen-bond donors (Lipinski definition) is 0. The molecule has 0 bridgehead atoms. The molecule has 0 unspecified atom stereocenters. The molecule has 5 atom stereocenters. The molecule has 0 spiro atoms. The Balaban J connectivity index is 0.00000441. The van der Waals surface area contributed by atoms with Crippen LogP contribution >= 0.6 is 0 Å². The summed E-state index contributed by atoms with van der Waals surface area (Å²) in [4.78, 5) is 13.9. The van der Waals surface area contributed by atoms with Crippen molar-refractivity contribution < 1.29 is 58.3 Å². The summed E-state index contributed by atoms with van der Waals surface area (Å²) in [5, 5.41) is 0. The molecule has 0 saturated carbocycles. The molecule has 1 aliphatic rings. The van der Waals surface area contributed by atoms with Gasteiger partial charge in [-0.2, -0.15) is 0 Å². The van der Waals surface area contributed by atoms with Gasteiger partial charge >= 0.3 is 0 Å². The summed E-state index contributed by atoms with van der Waals surface area (Å²) in [7, 11) is 5.16. The molecule has 0 amide bonds. The van der Waals surface area contributed by atoms with E-state index in [2.05, 4.69) is 6.08 Å². The van der Waals surface area contributed by atoms with Gasteiger partial charge in [0.2, 0.25) is 0 Å². The Morgan fingerprint density at radius 3 is 2.50 bits per heavy atom. The van der Waals surface area contributed by atoms with Gasteiger partial charge < -0.3 is 15.2 Å². The molecular weight excluding hydrogens is 495 g/mol. The van der Waals surface area contributed by atoms with Crippen LogP contribution in [0.5, 0.6) is 0 Å². The first-order valence-electron chi connectivity index (χ1n) is 7.42. The van der Waals surface area contributed by atoms with Crippen molar-refractivity contribution in [2.24, 2.45) is 5.92 Å². The molecule has 0 aromatic carbocycles. The van der Waals surface area contributed by atoms with Gasteiger partial charge in [0.1, 0.15) is 5.78 Å². The molecule has 1 fully saturated rings. The zero-order valence-electron chi connectivity index (χ0n) is 14.6. The summed E-state index contributed by atoms with van der Waals surface area (Å²) in [6, 6.07) is -0.680. The Bertz CT molecular complexity index is 392. The number of ketones is 1. The molecule has 5 nitrogen and oxygen atoms in total. The largest absolute Gasteiger partial charge is 0.671 e. The van der Waals surface area contributed by atoms with Crippen LogP contribution in [0.15, 0.2) is 12.2 Å². The molecule has 0 aliphatic carbocycles. The second-order valence-corrected chi connectivity index (χ2v) is 6.14. The van der Waals surface area contributed by atoms with Crippen LogP contribution in [0, 0.1) is 50.0 Å². The van der Waals surface area contributed by atoms with Crippen LogP contribution in [0.1, 0.15) is 27.2 Å². The molecule has 22 heavy (non-hydrogen) atoms. The average Bonchev–Trinajstić information content (AvgIpc) is 2.75. The Kier molecular flexibility index (Phi) is 10.2. The third kappa shape index (κ3) is 4.85. The predicted molar refractivity (Wildman–Crippen MR) is 84.3 cm³/mol. The van der Waals surface area contributed by atoms with Crippen molar-refractivity contribution in [1.82, 2.24) is 4.90 Å². The average molecular weight is 524 g/mol. The van der Waals surface area contributed by atoms with Crippen molar-refractivity contribution in [2.45, 2.75) is 50.9 Å². The number of likely N-dealkylation sites (tertiary alicyclic amines) is 1. The fourth-order valence-electron chi connectivity index (χ4n) is 3.37. The Hall–Kier alpha value is 0.692. The van der Waals surface area contributed by atoms with E-state index in [1.165, 1.54) is 0 Å². The van der Waals surface area contributed by atoms with Gasteiger partial charge in [-0.15, -0.1) is 0 Å². The molecule has 1 radical (unpaired) electrons. The van der Waals surface area contributed by atoms with E-state index in [-0.39, 0.29) is 67.8 Å². The van der Waals surface area contributed by atoms with Gasteiger partial charge in [-0.1, -0.05) is 18.2 Å². The maximum atomic E-state index is 11.8. The molecule has 6 heteroatoms. The number of ether oxygens (including phenoxy) is 2. The summed E-state index contributed by atoms with van der Waals surface area (Å²) in [6.07, 6.45) is 4.87. The smallest absolute Gasteiger partial charge is 0.146 e. The minimum Gasteiger partial charge on any atom is -0.671 e. The van der Waals surface area contributed by atoms with E-state index in [1.54, 1.807) is 21.1 Å². The summed E-state index contributed by atoms with van der Waals surface area (Å²) >= 11 is 0. The van der Waals surface area contributed by atoms with E-state index >= 15 is 0 Å².